The van der Waals surface area contributed by atoms with Crippen LogP contribution in [-0.4, -0.2) is 23.9 Å². The fourth-order valence-electron chi connectivity index (χ4n) is 1.74. The summed E-state index contributed by atoms with van der Waals surface area (Å²) < 4.78 is 83.5. The third-order valence-corrected chi connectivity index (χ3v) is 2.53. The first-order chi connectivity index (χ1) is 10.5. The third kappa shape index (κ3) is 5.58. The summed E-state index contributed by atoms with van der Waals surface area (Å²) >= 11 is 0. The number of hydrogen-bond donors (Lipinski definition) is 1. The summed E-state index contributed by atoms with van der Waals surface area (Å²) in [6, 6.07) is 0.608. The maximum atomic E-state index is 13.0. The standard InChI is InChI=1S/C12H12F6N2O3/c1-2-22-9(21)4-7-6(5-19)3-8(23-12(16,17)18)20-10(7)11(13,14)15/h3H,2,4-5,19H2,1H3. The number of ether oxygens (including phenoxy) is 2. The Balaban J connectivity index is 3.39. The van der Waals surface area contributed by atoms with Gasteiger partial charge in [-0.2, -0.15) is 13.2 Å². The number of nitrogens with two attached hydrogens (primary N) is 1. The highest BCUT2D eigenvalue weighted by Crippen LogP contribution is 2.35. The van der Waals surface area contributed by atoms with Crippen LogP contribution in [0.3, 0.4) is 0 Å². The molecule has 0 saturated heterocycles. The molecule has 2 N–H and O–H groups in total. The number of rotatable bonds is 5. The van der Waals surface area contributed by atoms with E-state index in [4.69, 9.17) is 5.73 Å². The summed E-state index contributed by atoms with van der Waals surface area (Å²) in [5.74, 6) is -2.29. The minimum absolute atomic E-state index is 0.0686. The SMILES string of the molecule is CCOC(=O)Cc1c(CN)cc(OC(F)(F)F)nc1C(F)(F)F. The van der Waals surface area contributed by atoms with Crippen LogP contribution in [0.25, 0.3) is 0 Å². The number of esters is 1. The van der Waals surface area contributed by atoms with Gasteiger partial charge in [-0.05, 0) is 18.1 Å². The van der Waals surface area contributed by atoms with Gasteiger partial charge in [-0.15, -0.1) is 13.2 Å². The highest BCUT2D eigenvalue weighted by molar-refractivity contribution is 5.73. The maximum Gasteiger partial charge on any atom is 0.574 e. The van der Waals surface area contributed by atoms with Gasteiger partial charge in [0.1, 0.15) is 0 Å². The van der Waals surface area contributed by atoms with Crippen molar-refractivity contribution in [2.45, 2.75) is 32.4 Å². The average Bonchev–Trinajstić information content (AvgIpc) is 2.37. The van der Waals surface area contributed by atoms with Gasteiger partial charge in [0.25, 0.3) is 0 Å². The molecule has 1 rings (SSSR count). The molecule has 0 radical (unpaired) electrons. The lowest BCUT2D eigenvalue weighted by molar-refractivity contribution is -0.276. The minimum atomic E-state index is -5.22. The van der Waals surface area contributed by atoms with E-state index in [1.807, 2.05) is 0 Å². The largest absolute Gasteiger partial charge is 0.574 e. The van der Waals surface area contributed by atoms with E-state index in [9.17, 15) is 31.1 Å². The molecule has 0 saturated carbocycles. The summed E-state index contributed by atoms with van der Waals surface area (Å²) in [6.07, 6.45) is -11.1. The van der Waals surface area contributed by atoms with E-state index < -0.39 is 48.6 Å². The number of aromatic nitrogens is 1. The van der Waals surface area contributed by atoms with Crippen molar-refractivity contribution in [2.24, 2.45) is 5.73 Å². The number of nitrogens with zero attached hydrogens (tertiary/aromatic N) is 1. The van der Waals surface area contributed by atoms with E-state index >= 15 is 0 Å². The lowest BCUT2D eigenvalue weighted by atomic mass is 10.0. The van der Waals surface area contributed by atoms with Crippen LogP contribution in [0.15, 0.2) is 6.07 Å². The fourth-order valence-corrected chi connectivity index (χ4v) is 1.74. The molecule has 23 heavy (non-hydrogen) atoms. The molecule has 0 spiro atoms. The van der Waals surface area contributed by atoms with Crippen molar-refractivity contribution in [3.05, 3.63) is 22.9 Å². The van der Waals surface area contributed by atoms with Crippen LogP contribution < -0.4 is 10.5 Å². The average molecular weight is 346 g/mol. The van der Waals surface area contributed by atoms with E-state index in [1.54, 1.807) is 0 Å². The Hall–Kier alpha value is -2.04. The van der Waals surface area contributed by atoms with E-state index in [2.05, 4.69) is 14.5 Å². The zero-order valence-electron chi connectivity index (χ0n) is 11.7. The Morgan fingerprint density at radius 3 is 2.30 bits per heavy atom. The zero-order chi connectivity index (χ0) is 17.8. The lowest BCUT2D eigenvalue weighted by Gasteiger charge is -2.17. The monoisotopic (exact) mass is 346 g/mol. The molecule has 1 heterocycles. The van der Waals surface area contributed by atoms with Gasteiger partial charge in [0.2, 0.25) is 5.88 Å². The normalized spacial score (nSPS) is 12.2. The number of carbonyl (C=O) groups is 1. The van der Waals surface area contributed by atoms with Crippen LogP contribution in [0.2, 0.25) is 0 Å². The van der Waals surface area contributed by atoms with Crippen molar-refractivity contribution in [1.82, 2.24) is 4.98 Å². The number of carbonyl (C=O) groups excluding carboxylic acids is 1. The molecular weight excluding hydrogens is 334 g/mol. The zero-order valence-corrected chi connectivity index (χ0v) is 11.7. The Morgan fingerprint density at radius 2 is 1.87 bits per heavy atom. The molecule has 1 aromatic rings. The van der Waals surface area contributed by atoms with Crippen molar-refractivity contribution in [3.63, 3.8) is 0 Å². The van der Waals surface area contributed by atoms with Crippen molar-refractivity contribution in [2.75, 3.05) is 6.61 Å². The van der Waals surface area contributed by atoms with E-state index in [0.717, 1.165) is 0 Å². The number of pyridine rings is 1. The molecule has 130 valence electrons. The first-order valence-electron chi connectivity index (χ1n) is 6.19. The molecule has 0 bridgehead atoms. The van der Waals surface area contributed by atoms with Crippen LogP contribution in [0.1, 0.15) is 23.7 Å². The highest BCUT2D eigenvalue weighted by atomic mass is 19.4. The molecule has 5 nitrogen and oxygen atoms in total. The van der Waals surface area contributed by atoms with Gasteiger partial charge in [0.05, 0.1) is 13.0 Å². The molecule has 0 aliphatic carbocycles. The van der Waals surface area contributed by atoms with Gasteiger partial charge in [0.15, 0.2) is 5.69 Å². The Kier molecular flexibility index (Phi) is 5.81. The van der Waals surface area contributed by atoms with Gasteiger partial charge < -0.3 is 15.2 Å². The summed E-state index contributed by atoms with van der Waals surface area (Å²) in [7, 11) is 0. The maximum absolute atomic E-state index is 13.0. The predicted octanol–water partition coefficient (Wildman–Crippen LogP) is 2.56. The highest BCUT2D eigenvalue weighted by Gasteiger charge is 2.39. The smallest absolute Gasteiger partial charge is 0.466 e. The second-order valence-corrected chi connectivity index (χ2v) is 4.18. The molecule has 0 unspecified atom stereocenters. The van der Waals surface area contributed by atoms with Crippen LogP contribution in [0.5, 0.6) is 5.88 Å². The predicted molar refractivity (Wildman–Crippen MR) is 64.2 cm³/mol. The molecular formula is C12H12F6N2O3. The third-order valence-electron chi connectivity index (χ3n) is 2.53. The quantitative estimate of drug-likeness (QED) is 0.655. The molecule has 0 aromatic carbocycles. The second kappa shape index (κ2) is 7.02. The van der Waals surface area contributed by atoms with Gasteiger partial charge in [0, 0.05) is 12.6 Å². The second-order valence-electron chi connectivity index (χ2n) is 4.18. The molecule has 1 aromatic heterocycles. The number of halogens is 6. The van der Waals surface area contributed by atoms with Crippen molar-refractivity contribution in [1.29, 1.82) is 0 Å². The first-order valence-corrected chi connectivity index (χ1v) is 6.19. The Labute approximate surface area is 126 Å². The molecule has 0 atom stereocenters. The summed E-state index contributed by atoms with van der Waals surface area (Å²) in [4.78, 5) is 14.2. The topological polar surface area (TPSA) is 74.4 Å². The molecule has 0 fully saturated rings. The lowest BCUT2D eigenvalue weighted by Crippen LogP contribution is -2.23. The minimum Gasteiger partial charge on any atom is -0.466 e. The molecule has 0 aliphatic rings. The van der Waals surface area contributed by atoms with Gasteiger partial charge in [-0.25, -0.2) is 4.98 Å². The van der Waals surface area contributed by atoms with E-state index in [0.29, 0.717) is 6.07 Å². The van der Waals surface area contributed by atoms with E-state index in [1.165, 1.54) is 6.92 Å². The van der Waals surface area contributed by atoms with Crippen LogP contribution >= 0.6 is 0 Å². The number of alkyl halides is 6. The summed E-state index contributed by atoms with van der Waals surface area (Å²) in [5.41, 5.74) is 2.59. The fraction of sp³-hybridized carbons (Fsp3) is 0.500. The Morgan fingerprint density at radius 1 is 1.26 bits per heavy atom. The molecule has 0 amide bonds. The van der Waals surface area contributed by atoms with Crippen LogP contribution in [0, 0.1) is 0 Å². The molecule has 11 heteroatoms. The van der Waals surface area contributed by atoms with Crippen molar-refractivity contribution < 1.29 is 40.6 Å². The van der Waals surface area contributed by atoms with Crippen LogP contribution in [0.4, 0.5) is 26.3 Å². The molecule has 0 aliphatic heterocycles. The first kappa shape index (κ1) is 19.0. The Bertz CT molecular complexity index is 571. The van der Waals surface area contributed by atoms with Crippen molar-refractivity contribution in [3.8, 4) is 5.88 Å². The van der Waals surface area contributed by atoms with Gasteiger partial charge in [-0.3, -0.25) is 4.79 Å². The van der Waals surface area contributed by atoms with Gasteiger partial charge >= 0.3 is 18.5 Å². The van der Waals surface area contributed by atoms with Crippen LogP contribution in [-0.2, 0) is 28.7 Å². The summed E-state index contributed by atoms with van der Waals surface area (Å²) in [5, 5.41) is 0. The van der Waals surface area contributed by atoms with Crippen molar-refractivity contribution >= 4 is 5.97 Å². The van der Waals surface area contributed by atoms with E-state index in [-0.39, 0.29) is 12.2 Å². The summed E-state index contributed by atoms with van der Waals surface area (Å²) in [6.45, 7) is 0.834. The van der Waals surface area contributed by atoms with Gasteiger partial charge in [-0.1, -0.05) is 0 Å². The number of hydrogen-bond acceptors (Lipinski definition) is 5.